The molecule has 0 saturated heterocycles. The van der Waals surface area contributed by atoms with Gasteiger partial charge < -0.3 is 9.30 Å². The van der Waals surface area contributed by atoms with E-state index in [4.69, 9.17) is 16.3 Å². The second-order valence-corrected chi connectivity index (χ2v) is 6.61. The highest BCUT2D eigenvalue weighted by Crippen LogP contribution is 2.32. The Morgan fingerprint density at radius 3 is 2.80 bits per heavy atom. The lowest BCUT2D eigenvalue weighted by Crippen LogP contribution is -2.00. The first-order chi connectivity index (χ1) is 12.0. The summed E-state index contributed by atoms with van der Waals surface area (Å²) in [6.45, 7) is 2.66. The number of rotatable bonds is 6. The number of hydrogen-bond donors (Lipinski definition) is 0. The molecule has 0 aliphatic carbocycles. The van der Waals surface area contributed by atoms with Crippen LogP contribution in [0.4, 0.5) is 4.39 Å². The number of thioether (sulfide) groups is 1. The van der Waals surface area contributed by atoms with Gasteiger partial charge in [0.1, 0.15) is 11.4 Å². The molecular formula is C16H17ClFN5OS. The molecule has 6 nitrogen and oxygen atoms in total. The van der Waals surface area contributed by atoms with Gasteiger partial charge in [-0.2, -0.15) is 0 Å². The van der Waals surface area contributed by atoms with E-state index in [2.05, 4.69) is 15.3 Å². The van der Waals surface area contributed by atoms with E-state index in [0.717, 1.165) is 5.56 Å². The van der Waals surface area contributed by atoms with Gasteiger partial charge in [0, 0.05) is 36.1 Å². The van der Waals surface area contributed by atoms with Crippen molar-refractivity contribution >= 4 is 23.4 Å². The van der Waals surface area contributed by atoms with Crippen LogP contribution in [0, 0.1) is 5.82 Å². The Morgan fingerprint density at radius 2 is 2.12 bits per heavy atom. The highest BCUT2D eigenvalue weighted by Gasteiger charge is 2.20. The number of nitrogens with zero attached hydrogens (tertiary/aromatic N) is 5. The van der Waals surface area contributed by atoms with Crippen LogP contribution >= 0.6 is 23.4 Å². The fraction of sp³-hybridized carbons (Fsp3) is 0.312. The Morgan fingerprint density at radius 1 is 1.32 bits per heavy atom. The molecule has 132 valence electrons. The van der Waals surface area contributed by atoms with Crippen molar-refractivity contribution in [3.8, 4) is 17.3 Å². The van der Waals surface area contributed by atoms with Crippen molar-refractivity contribution in [2.45, 2.75) is 24.4 Å². The van der Waals surface area contributed by atoms with E-state index in [1.54, 1.807) is 23.9 Å². The molecule has 0 aliphatic rings. The molecule has 1 aromatic carbocycles. The molecule has 2 heterocycles. The highest BCUT2D eigenvalue weighted by molar-refractivity contribution is 7.98. The van der Waals surface area contributed by atoms with Crippen molar-refractivity contribution < 1.29 is 9.13 Å². The van der Waals surface area contributed by atoms with Gasteiger partial charge in [-0.1, -0.05) is 29.4 Å². The number of hydrogen-bond acceptors (Lipinski definition) is 5. The zero-order valence-corrected chi connectivity index (χ0v) is 15.6. The normalized spacial score (nSPS) is 11.1. The number of aromatic nitrogens is 5. The van der Waals surface area contributed by atoms with E-state index in [0.29, 0.717) is 39.7 Å². The highest BCUT2D eigenvalue weighted by atomic mass is 35.5. The maximum Gasteiger partial charge on any atom is 0.243 e. The molecule has 0 aliphatic heterocycles. The quantitative estimate of drug-likeness (QED) is 0.608. The predicted molar refractivity (Wildman–Crippen MR) is 95.4 cm³/mol. The maximum atomic E-state index is 13.9. The van der Waals surface area contributed by atoms with Crippen molar-refractivity contribution in [1.29, 1.82) is 0 Å². The summed E-state index contributed by atoms with van der Waals surface area (Å²) in [5.74, 6) is 1.19. The summed E-state index contributed by atoms with van der Waals surface area (Å²) < 4.78 is 22.8. The van der Waals surface area contributed by atoms with E-state index >= 15 is 0 Å². The lowest BCUT2D eigenvalue weighted by Gasteiger charge is -2.08. The van der Waals surface area contributed by atoms with Crippen LogP contribution in [0.1, 0.15) is 12.5 Å². The topological polar surface area (TPSA) is 57.8 Å². The molecule has 25 heavy (non-hydrogen) atoms. The van der Waals surface area contributed by atoms with Gasteiger partial charge in [0.15, 0.2) is 11.0 Å². The molecule has 0 atom stereocenters. The zero-order chi connectivity index (χ0) is 18.0. The van der Waals surface area contributed by atoms with Gasteiger partial charge >= 0.3 is 0 Å². The van der Waals surface area contributed by atoms with Crippen molar-refractivity contribution in [2.75, 3.05) is 7.11 Å². The van der Waals surface area contributed by atoms with Crippen LogP contribution in [-0.4, -0.2) is 31.7 Å². The molecule has 9 heteroatoms. The summed E-state index contributed by atoms with van der Waals surface area (Å²) in [5.41, 5.74) is 1.22. The fourth-order valence-corrected chi connectivity index (χ4v) is 3.80. The van der Waals surface area contributed by atoms with Gasteiger partial charge in [-0.05, 0) is 19.1 Å². The maximum absolute atomic E-state index is 13.9. The van der Waals surface area contributed by atoms with Crippen molar-refractivity contribution in [3.63, 3.8) is 0 Å². The molecule has 2 aromatic heterocycles. The van der Waals surface area contributed by atoms with E-state index in [-0.39, 0.29) is 5.82 Å². The number of halogens is 2. The Kier molecular flexibility index (Phi) is 5.29. The Balaban J connectivity index is 1.90. The van der Waals surface area contributed by atoms with E-state index in [1.807, 2.05) is 24.7 Å². The third-order valence-corrected chi connectivity index (χ3v) is 5.02. The molecule has 0 N–H and O–H groups in total. The number of ether oxygens (including phenoxy) is 1. The van der Waals surface area contributed by atoms with Gasteiger partial charge in [-0.3, -0.25) is 4.68 Å². The van der Waals surface area contributed by atoms with Crippen molar-refractivity contribution in [2.24, 2.45) is 7.05 Å². The van der Waals surface area contributed by atoms with Crippen LogP contribution in [0.15, 0.2) is 29.6 Å². The number of methoxy groups -OCH3 is 1. The minimum atomic E-state index is -0.322. The van der Waals surface area contributed by atoms with Gasteiger partial charge in [0.05, 0.1) is 7.11 Å². The average molecular weight is 382 g/mol. The summed E-state index contributed by atoms with van der Waals surface area (Å²) in [7, 11) is 3.38. The SMILES string of the molecule is CCn1c(SCc2c(F)cccc2Cl)nnc1-c1cn(C)nc1OC. The Labute approximate surface area is 154 Å². The summed E-state index contributed by atoms with van der Waals surface area (Å²) >= 11 is 7.47. The van der Waals surface area contributed by atoms with Gasteiger partial charge in [-0.25, -0.2) is 4.39 Å². The number of aryl methyl sites for hydroxylation is 1. The van der Waals surface area contributed by atoms with Crippen molar-refractivity contribution in [3.05, 3.63) is 40.8 Å². The lowest BCUT2D eigenvalue weighted by molar-refractivity contribution is 0.393. The smallest absolute Gasteiger partial charge is 0.243 e. The van der Waals surface area contributed by atoms with Gasteiger partial charge in [0.25, 0.3) is 0 Å². The minimum absolute atomic E-state index is 0.322. The second kappa shape index (κ2) is 7.45. The lowest BCUT2D eigenvalue weighted by atomic mass is 10.2. The molecule has 0 spiro atoms. The molecule has 0 radical (unpaired) electrons. The van der Waals surface area contributed by atoms with Gasteiger partial charge in [0.2, 0.25) is 5.88 Å². The minimum Gasteiger partial charge on any atom is -0.479 e. The zero-order valence-electron chi connectivity index (χ0n) is 14.0. The molecule has 0 fully saturated rings. The van der Waals surface area contributed by atoms with Crippen LogP contribution in [0.25, 0.3) is 11.4 Å². The summed E-state index contributed by atoms with van der Waals surface area (Å²) in [4.78, 5) is 0. The molecule has 0 bridgehead atoms. The molecular weight excluding hydrogens is 365 g/mol. The van der Waals surface area contributed by atoms with Crippen LogP contribution < -0.4 is 4.74 Å². The monoisotopic (exact) mass is 381 g/mol. The first-order valence-electron chi connectivity index (χ1n) is 7.62. The predicted octanol–water partition coefficient (Wildman–Crippen LogP) is 3.79. The second-order valence-electron chi connectivity index (χ2n) is 5.27. The van der Waals surface area contributed by atoms with Crippen LogP contribution in [0.3, 0.4) is 0 Å². The van der Waals surface area contributed by atoms with Crippen LogP contribution in [0.5, 0.6) is 5.88 Å². The summed E-state index contributed by atoms with van der Waals surface area (Å²) in [5, 5.41) is 13.8. The van der Waals surface area contributed by atoms with E-state index < -0.39 is 0 Å². The van der Waals surface area contributed by atoms with Crippen LogP contribution in [-0.2, 0) is 19.3 Å². The van der Waals surface area contributed by atoms with E-state index in [9.17, 15) is 4.39 Å². The average Bonchev–Trinajstić information content (AvgIpc) is 3.16. The largest absolute Gasteiger partial charge is 0.479 e. The third kappa shape index (κ3) is 3.50. The fourth-order valence-electron chi connectivity index (χ4n) is 2.46. The van der Waals surface area contributed by atoms with E-state index in [1.165, 1.54) is 17.8 Å². The summed E-state index contributed by atoms with van der Waals surface area (Å²) in [6, 6.07) is 4.67. The third-order valence-electron chi connectivity index (χ3n) is 3.67. The van der Waals surface area contributed by atoms with Gasteiger partial charge in [-0.15, -0.1) is 15.3 Å². The Bertz CT molecular complexity index is 875. The molecule has 0 amide bonds. The Hall–Kier alpha value is -2.06. The number of benzene rings is 1. The summed E-state index contributed by atoms with van der Waals surface area (Å²) in [6.07, 6.45) is 1.83. The molecule has 3 aromatic rings. The van der Waals surface area contributed by atoms with Crippen LogP contribution in [0.2, 0.25) is 5.02 Å². The first kappa shape index (κ1) is 17.8. The first-order valence-corrected chi connectivity index (χ1v) is 8.98. The standard InChI is InChI=1S/C16H17ClFN5OS/c1-4-23-14(10-8-22(2)21-15(10)24-3)19-20-16(23)25-9-11-12(17)6-5-7-13(11)18/h5-8H,4,9H2,1-3H3. The van der Waals surface area contributed by atoms with Crippen molar-refractivity contribution in [1.82, 2.24) is 24.5 Å². The molecule has 3 rings (SSSR count). The molecule has 0 saturated carbocycles. The molecule has 0 unspecified atom stereocenters.